The molecule has 4 heteroatoms. The standard InChI is InChI=1S/C9H12BrNOS/c1-5-4-13-8(7(5)10)9(11)2-6(12)3-9/h4,6,12H,2-3,11H2,1H3. The molecule has 0 aliphatic heterocycles. The number of nitrogens with two attached hydrogens (primary N) is 1. The Morgan fingerprint density at radius 2 is 2.31 bits per heavy atom. The average Bonchev–Trinajstić information content (AvgIpc) is 2.30. The molecule has 13 heavy (non-hydrogen) atoms. The minimum atomic E-state index is -0.281. The molecule has 1 saturated carbocycles. The number of hydrogen-bond donors (Lipinski definition) is 2. The van der Waals surface area contributed by atoms with Gasteiger partial charge >= 0.3 is 0 Å². The highest BCUT2D eigenvalue weighted by atomic mass is 79.9. The van der Waals surface area contributed by atoms with Crippen LogP contribution in [0.15, 0.2) is 9.85 Å². The Labute approximate surface area is 89.9 Å². The van der Waals surface area contributed by atoms with Crippen molar-refractivity contribution in [2.45, 2.75) is 31.4 Å². The number of aliphatic hydroxyl groups excluding tert-OH is 1. The van der Waals surface area contributed by atoms with E-state index in [1.165, 1.54) is 10.4 Å². The van der Waals surface area contributed by atoms with Crippen LogP contribution in [-0.4, -0.2) is 11.2 Å². The maximum absolute atomic E-state index is 9.25. The lowest BCUT2D eigenvalue weighted by molar-refractivity contribution is 0.0224. The van der Waals surface area contributed by atoms with Crippen molar-refractivity contribution in [1.82, 2.24) is 0 Å². The van der Waals surface area contributed by atoms with Crippen LogP contribution in [0.2, 0.25) is 0 Å². The first-order chi connectivity index (χ1) is 6.03. The molecule has 0 radical (unpaired) electrons. The van der Waals surface area contributed by atoms with Crippen LogP contribution in [-0.2, 0) is 5.54 Å². The Morgan fingerprint density at radius 1 is 1.69 bits per heavy atom. The number of thiophene rings is 1. The molecule has 1 aliphatic rings. The molecule has 1 aromatic rings. The molecule has 0 amide bonds. The zero-order chi connectivity index (χ0) is 9.64. The molecule has 1 fully saturated rings. The van der Waals surface area contributed by atoms with Crippen LogP contribution < -0.4 is 5.73 Å². The Bertz CT molecular complexity index is 330. The predicted octanol–water partition coefficient (Wildman–Crippen LogP) is 2.13. The predicted molar refractivity (Wildman–Crippen MR) is 57.9 cm³/mol. The Hall–Kier alpha value is 0.100. The zero-order valence-corrected chi connectivity index (χ0v) is 9.78. The molecule has 2 rings (SSSR count). The van der Waals surface area contributed by atoms with E-state index in [9.17, 15) is 5.11 Å². The number of aryl methyl sites for hydroxylation is 1. The summed E-state index contributed by atoms with van der Waals surface area (Å²) in [7, 11) is 0. The summed E-state index contributed by atoms with van der Waals surface area (Å²) in [6, 6.07) is 0. The van der Waals surface area contributed by atoms with Gasteiger partial charge in [0, 0.05) is 9.35 Å². The van der Waals surface area contributed by atoms with E-state index >= 15 is 0 Å². The van der Waals surface area contributed by atoms with Crippen LogP contribution in [0, 0.1) is 6.92 Å². The Kier molecular flexibility index (Phi) is 2.27. The number of halogens is 1. The van der Waals surface area contributed by atoms with Crippen molar-refractivity contribution in [3.05, 3.63) is 20.3 Å². The van der Waals surface area contributed by atoms with Crippen LogP contribution in [0.5, 0.6) is 0 Å². The Morgan fingerprint density at radius 3 is 2.69 bits per heavy atom. The summed E-state index contributed by atoms with van der Waals surface area (Å²) in [4.78, 5) is 1.18. The normalized spacial score (nSPS) is 33.1. The molecule has 3 N–H and O–H groups in total. The van der Waals surface area contributed by atoms with Crippen molar-refractivity contribution in [3.63, 3.8) is 0 Å². The van der Waals surface area contributed by atoms with Gasteiger partial charge in [-0.05, 0) is 46.6 Å². The summed E-state index contributed by atoms with van der Waals surface area (Å²) in [6.07, 6.45) is 1.16. The van der Waals surface area contributed by atoms with Gasteiger partial charge < -0.3 is 10.8 Å². The molecule has 0 aromatic carbocycles. The summed E-state index contributed by atoms with van der Waals surface area (Å²) < 4.78 is 1.12. The van der Waals surface area contributed by atoms with Crippen molar-refractivity contribution in [2.24, 2.45) is 5.73 Å². The zero-order valence-electron chi connectivity index (χ0n) is 7.38. The monoisotopic (exact) mass is 261 g/mol. The van der Waals surface area contributed by atoms with E-state index in [0.717, 1.165) is 4.47 Å². The van der Waals surface area contributed by atoms with Gasteiger partial charge in [0.2, 0.25) is 0 Å². The largest absolute Gasteiger partial charge is 0.393 e. The van der Waals surface area contributed by atoms with Gasteiger partial charge in [-0.3, -0.25) is 0 Å². The molecule has 1 heterocycles. The molecule has 2 nitrogen and oxygen atoms in total. The minimum Gasteiger partial charge on any atom is -0.393 e. The smallest absolute Gasteiger partial charge is 0.0582 e. The quantitative estimate of drug-likeness (QED) is 0.814. The lowest BCUT2D eigenvalue weighted by Gasteiger charge is -2.41. The summed E-state index contributed by atoms with van der Waals surface area (Å²) in [5.41, 5.74) is 7.10. The fourth-order valence-corrected chi connectivity index (χ4v) is 3.75. The molecule has 0 saturated heterocycles. The summed E-state index contributed by atoms with van der Waals surface area (Å²) >= 11 is 5.21. The van der Waals surface area contributed by atoms with Crippen LogP contribution in [0.3, 0.4) is 0 Å². The van der Waals surface area contributed by atoms with Crippen molar-refractivity contribution in [3.8, 4) is 0 Å². The fourth-order valence-electron chi connectivity index (χ4n) is 1.73. The van der Waals surface area contributed by atoms with Crippen LogP contribution >= 0.6 is 27.3 Å². The third-order valence-corrected chi connectivity index (χ3v) is 5.15. The number of aliphatic hydroxyl groups is 1. The number of hydrogen-bond acceptors (Lipinski definition) is 3. The molecular weight excluding hydrogens is 250 g/mol. The van der Waals surface area contributed by atoms with Crippen molar-refractivity contribution in [1.29, 1.82) is 0 Å². The summed E-state index contributed by atoms with van der Waals surface area (Å²) in [5.74, 6) is 0. The highest BCUT2D eigenvalue weighted by molar-refractivity contribution is 9.10. The molecule has 0 atom stereocenters. The lowest BCUT2D eigenvalue weighted by atomic mass is 9.74. The van der Waals surface area contributed by atoms with Gasteiger partial charge in [-0.1, -0.05) is 0 Å². The van der Waals surface area contributed by atoms with Gasteiger partial charge in [-0.15, -0.1) is 11.3 Å². The third kappa shape index (κ3) is 1.46. The molecule has 1 aromatic heterocycles. The maximum atomic E-state index is 9.25. The van der Waals surface area contributed by atoms with Crippen molar-refractivity contribution < 1.29 is 5.11 Å². The van der Waals surface area contributed by atoms with E-state index in [4.69, 9.17) is 5.73 Å². The van der Waals surface area contributed by atoms with Gasteiger partial charge in [0.05, 0.1) is 11.6 Å². The van der Waals surface area contributed by atoms with E-state index in [1.807, 2.05) is 0 Å². The Balaban J connectivity index is 2.31. The summed E-state index contributed by atoms with van der Waals surface area (Å²) in [5, 5.41) is 11.3. The van der Waals surface area contributed by atoms with Gasteiger partial charge in [-0.25, -0.2) is 0 Å². The maximum Gasteiger partial charge on any atom is 0.0582 e. The van der Waals surface area contributed by atoms with Gasteiger partial charge in [0.1, 0.15) is 0 Å². The minimum absolute atomic E-state index is 0.209. The molecule has 1 aliphatic carbocycles. The van der Waals surface area contributed by atoms with Gasteiger partial charge in [-0.2, -0.15) is 0 Å². The molecular formula is C9H12BrNOS. The molecule has 0 spiro atoms. The molecule has 72 valence electrons. The van der Waals surface area contributed by atoms with Crippen molar-refractivity contribution in [2.75, 3.05) is 0 Å². The molecule has 0 unspecified atom stereocenters. The topological polar surface area (TPSA) is 46.2 Å². The molecule has 0 bridgehead atoms. The SMILES string of the molecule is Cc1csc(C2(N)CC(O)C2)c1Br. The van der Waals surface area contributed by atoms with E-state index < -0.39 is 0 Å². The van der Waals surface area contributed by atoms with E-state index in [2.05, 4.69) is 28.2 Å². The fraction of sp³-hybridized carbons (Fsp3) is 0.556. The third-order valence-electron chi connectivity index (χ3n) is 2.55. The van der Waals surface area contributed by atoms with Crippen LogP contribution in [0.1, 0.15) is 23.3 Å². The van der Waals surface area contributed by atoms with Crippen LogP contribution in [0.25, 0.3) is 0 Å². The lowest BCUT2D eigenvalue weighted by Crippen LogP contribution is -2.51. The first kappa shape index (κ1) is 9.65. The van der Waals surface area contributed by atoms with E-state index in [-0.39, 0.29) is 11.6 Å². The average molecular weight is 262 g/mol. The summed E-state index contributed by atoms with van der Waals surface area (Å²) in [6.45, 7) is 2.06. The van der Waals surface area contributed by atoms with E-state index in [1.54, 1.807) is 11.3 Å². The first-order valence-electron chi connectivity index (χ1n) is 4.24. The second-order valence-corrected chi connectivity index (χ2v) is 5.45. The van der Waals surface area contributed by atoms with Gasteiger partial charge in [0.25, 0.3) is 0 Å². The first-order valence-corrected chi connectivity index (χ1v) is 5.91. The van der Waals surface area contributed by atoms with E-state index in [0.29, 0.717) is 12.8 Å². The second kappa shape index (κ2) is 3.05. The van der Waals surface area contributed by atoms with Crippen molar-refractivity contribution >= 4 is 27.3 Å². The number of rotatable bonds is 1. The highest BCUT2D eigenvalue weighted by Gasteiger charge is 2.43. The van der Waals surface area contributed by atoms with Crippen LogP contribution in [0.4, 0.5) is 0 Å². The second-order valence-electron chi connectivity index (χ2n) is 3.78. The van der Waals surface area contributed by atoms with Gasteiger partial charge in [0.15, 0.2) is 0 Å². The highest BCUT2D eigenvalue weighted by Crippen LogP contribution is 2.45.